The fraction of sp³-hybridized carbons (Fsp3) is 0.800. The molecule has 0 aromatic carbocycles. The van der Waals surface area contributed by atoms with E-state index in [1.165, 1.54) is 6.92 Å². The van der Waals surface area contributed by atoms with E-state index in [-0.39, 0.29) is 12.0 Å². The highest BCUT2D eigenvalue weighted by Gasteiger charge is 2.17. The van der Waals surface area contributed by atoms with E-state index in [0.717, 1.165) is 0 Å². The second kappa shape index (κ2) is 6.27. The summed E-state index contributed by atoms with van der Waals surface area (Å²) in [5, 5.41) is 0. The number of carbonyl (C=O) groups excluding carboxylic acids is 2. The van der Waals surface area contributed by atoms with Crippen LogP contribution in [0.15, 0.2) is 0 Å². The third-order valence-electron chi connectivity index (χ3n) is 1.35. The summed E-state index contributed by atoms with van der Waals surface area (Å²) < 4.78 is 14.2. The molecule has 0 bridgehead atoms. The van der Waals surface area contributed by atoms with E-state index in [2.05, 4.69) is 4.74 Å². The first kappa shape index (κ1) is 13.7. The Labute approximate surface area is 89.7 Å². The third kappa shape index (κ3) is 6.76. The lowest BCUT2D eigenvalue weighted by molar-refractivity contribution is -0.172. The van der Waals surface area contributed by atoms with Crippen LogP contribution in [0, 0.1) is 5.92 Å². The fourth-order valence-electron chi connectivity index (χ4n) is 0.679. The van der Waals surface area contributed by atoms with Crippen molar-refractivity contribution in [2.24, 2.45) is 5.92 Å². The second-order valence-corrected chi connectivity index (χ2v) is 3.69. The summed E-state index contributed by atoms with van der Waals surface area (Å²) in [4.78, 5) is 22.1. The minimum Gasteiger partial charge on any atom is -0.431 e. The van der Waals surface area contributed by atoms with E-state index in [4.69, 9.17) is 9.47 Å². The average Bonchev–Trinajstić information content (AvgIpc) is 2.00. The van der Waals surface area contributed by atoms with Crippen LogP contribution < -0.4 is 0 Å². The topological polar surface area (TPSA) is 61.8 Å². The third-order valence-corrected chi connectivity index (χ3v) is 1.35. The molecular weight excluding hydrogens is 200 g/mol. The lowest BCUT2D eigenvalue weighted by atomic mass is 10.2. The molecule has 0 aliphatic heterocycles. The molecule has 15 heavy (non-hydrogen) atoms. The molecule has 5 nitrogen and oxygen atoms in total. The van der Waals surface area contributed by atoms with Crippen molar-refractivity contribution in [2.75, 3.05) is 0 Å². The van der Waals surface area contributed by atoms with E-state index in [0.29, 0.717) is 0 Å². The summed E-state index contributed by atoms with van der Waals surface area (Å²) in [5.41, 5.74) is 0. The predicted molar refractivity (Wildman–Crippen MR) is 53.1 cm³/mol. The predicted octanol–water partition coefficient (Wildman–Crippen LogP) is 2.09. The van der Waals surface area contributed by atoms with Gasteiger partial charge in [0.05, 0.1) is 12.0 Å². The molecule has 0 saturated carbocycles. The summed E-state index contributed by atoms with van der Waals surface area (Å²) in [7, 11) is 0. The Morgan fingerprint density at radius 2 is 1.40 bits per heavy atom. The number of carbonyl (C=O) groups is 2. The highest BCUT2D eigenvalue weighted by atomic mass is 16.8. The van der Waals surface area contributed by atoms with Crippen LogP contribution in [0.5, 0.6) is 0 Å². The van der Waals surface area contributed by atoms with Crippen LogP contribution in [-0.2, 0) is 19.0 Å². The molecule has 1 unspecified atom stereocenters. The highest BCUT2D eigenvalue weighted by Crippen LogP contribution is 2.03. The number of ether oxygens (including phenoxy) is 3. The molecule has 0 rings (SSSR count). The quantitative estimate of drug-likeness (QED) is 0.534. The Kier molecular flexibility index (Phi) is 5.74. The van der Waals surface area contributed by atoms with Gasteiger partial charge in [0.15, 0.2) is 0 Å². The summed E-state index contributed by atoms with van der Waals surface area (Å²) in [6, 6.07) is 0. The molecule has 0 fully saturated rings. The van der Waals surface area contributed by atoms with Crippen molar-refractivity contribution < 1.29 is 23.8 Å². The maximum absolute atomic E-state index is 11.1. The van der Waals surface area contributed by atoms with E-state index >= 15 is 0 Å². The average molecular weight is 218 g/mol. The molecule has 0 aliphatic rings. The van der Waals surface area contributed by atoms with Crippen LogP contribution in [0.25, 0.3) is 0 Å². The van der Waals surface area contributed by atoms with Crippen LogP contribution in [0.3, 0.4) is 0 Å². The normalized spacial score (nSPS) is 12.5. The second-order valence-electron chi connectivity index (χ2n) is 3.69. The largest absolute Gasteiger partial charge is 0.511 e. The molecule has 0 heterocycles. The molecule has 0 aromatic heterocycles. The van der Waals surface area contributed by atoms with Crippen molar-refractivity contribution in [1.82, 2.24) is 0 Å². The van der Waals surface area contributed by atoms with Gasteiger partial charge in [-0.2, -0.15) is 0 Å². The monoisotopic (exact) mass is 218 g/mol. The zero-order chi connectivity index (χ0) is 12.0. The first-order chi connectivity index (χ1) is 6.82. The number of hydrogen-bond acceptors (Lipinski definition) is 5. The van der Waals surface area contributed by atoms with Crippen molar-refractivity contribution in [1.29, 1.82) is 0 Å². The summed E-state index contributed by atoms with van der Waals surface area (Å²) in [6.07, 6.45) is -2.02. The van der Waals surface area contributed by atoms with Gasteiger partial charge in [0.25, 0.3) is 0 Å². The first-order valence-electron chi connectivity index (χ1n) is 4.90. The van der Waals surface area contributed by atoms with Gasteiger partial charge >= 0.3 is 12.1 Å². The Morgan fingerprint density at radius 3 is 1.80 bits per heavy atom. The van der Waals surface area contributed by atoms with Gasteiger partial charge in [-0.1, -0.05) is 13.8 Å². The van der Waals surface area contributed by atoms with Crippen LogP contribution in [0.1, 0.15) is 34.6 Å². The Bertz CT molecular complexity index is 222. The minimum absolute atomic E-state index is 0.253. The van der Waals surface area contributed by atoms with Crippen LogP contribution in [0.4, 0.5) is 4.79 Å². The van der Waals surface area contributed by atoms with Gasteiger partial charge in [-0.25, -0.2) is 4.79 Å². The smallest absolute Gasteiger partial charge is 0.431 e. The van der Waals surface area contributed by atoms with Gasteiger partial charge in [-0.15, -0.1) is 0 Å². The van der Waals surface area contributed by atoms with Gasteiger partial charge in [0.2, 0.25) is 6.29 Å². The van der Waals surface area contributed by atoms with E-state index < -0.39 is 18.4 Å². The standard InChI is InChI=1S/C10H18O5/c1-6(2)9(11)14-8(5)15-10(12)13-7(3)4/h6-8H,1-5H3. The van der Waals surface area contributed by atoms with E-state index in [9.17, 15) is 9.59 Å². The van der Waals surface area contributed by atoms with Gasteiger partial charge in [0, 0.05) is 6.92 Å². The molecule has 0 amide bonds. The maximum Gasteiger partial charge on any atom is 0.511 e. The molecule has 0 spiro atoms. The zero-order valence-electron chi connectivity index (χ0n) is 9.77. The SMILES string of the molecule is CC(C)OC(=O)OC(C)OC(=O)C(C)C. The maximum atomic E-state index is 11.1. The van der Waals surface area contributed by atoms with Crippen molar-refractivity contribution in [3.63, 3.8) is 0 Å². The van der Waals surface area contributed by atoms with Crippen molar-refractivity contribution in [3.05, 3.63) is 0 Å². The molecule has 5 heteroatoms. The molecule has 0 aromatic rings. The van der Waals surface area contributed by atoms with Gasteiger partial charge in [0.1, 0.15) is 0 Å². The Balaban J connectivity index is 3.88. The van der Waals surface area contributed by atoms with E-state index in [1.54, 1.807) is 27.7 Å². The minimum atomic E-state index is -0.925. The van der Waals surface area contributed by atoms with E-state index in [1.807, 2.05) is 0 Å². The lowest BCUT2D eigenvalue weighted by Gasteiger charge is -2.16. The number of rotatable bonds is 4. The molecule has 0 aliphatic carbocycles. The Morgan fingerprint density at radius 1 is 0.867 bits per heavy atom. The van der Waals surface area contributed by atoms with Gasteiger partial charge in [-0.05, 0) is 13.8 Å². The van der Waals surface area contributed by atoms with Crippen LogP contribution in [0.2, 0.25) is 0 Å². The summed E-state index contributed by atoms with van der Waals surface area (Å²) >= 11 is 0. The zero-order valence-corrected chi connectivity index (χ0v) is 9.77. The number of esters is 1. The van der Waals surface area contributed by atoms with Crippen LogP contribution >= 0.6 is 0 Å². The molecule has 0 N–H and O–H groups in total. The van der Waals surface area contributed by atoms with Crippen LogP contribution in [-0.4, -0.2) is 24.5 Å². The molecule has 0 saturated heterocycles. The lowest BCUT2D eigenvalue weighted by Crippen LogP contribution is -2.25. The summed E-state index contributed by atoms with van der Waals surface area (Å²) in [5.74, 6) is -0.669. The van der Waals surface area contributed by atoms with Crippen molar-refractivity contribution in [3.8, 4) is 0 Å². The molecule has 1 atom stereocenters. The number of hydrogen-bond donors (Lipinski definition) is 0. The van der Waals surface area contributed by atoms with Gasteiger partial charge < -0.3 is 14.2 Å². The summed E-state index contributed by atoms with van der Waals surface area (Å²) in [6.45, 7) is 8.25. The highest BCUT2D eigenvalue weighted by molar-refractivity contribution is 5.71. The Hall–Kier alpha value is -1.26. The fourth-order valence-corrected chi connectivity index (χ4v) is 0.679. The van der Waals surface area contributed by atoms with Crippen molar-refractivity contribution >= 4 is 12.1 Å². The van der Waals surface area contributed by atoms with Crippen molar-refractivity contribution in [2.45, 2.75) is 47.0 Å². The molecule has 88 valence electrons. The molecular formula is C10H18O5. The van der Waals surface area contributed by atoms with Gasteiger partial charge in [-0.3, -0.25) is 4.79 Å². The molecule has 0 radical (unpaired) electrons. The first-order valence-corrected chi connectivity index (χ1v) is 4.90.